The maximum atomic E-state index is 13.5. The second-order valence-corrected chi connectivity index (χ2v) is 5.50. The molecule has 0 aliphatic carbocycles. The van der Waals surface area contributed by atoms with Crippen LogP contribution in [0.2, 0.25) is 0 Å². The first-order valence-corrected chi connectivity index (χ1v) is 6.73. The maximum Gasteiger partial charge on any atom is 0.483 e. The number of halogens is 3. The summed E-state index contributed by atoms with van der Waals surface area (Å²) in [6, 6.07) is 3.29. The number of alkyl halides is 1. The highest BCUT2D eigenvalue weighted by Gasteiger charge is 2.16. The quantitative estimate of drug-likeness (QED) is 0.714. The smallest absolute Gasteiger partial charge is 0.379 e. The Morgan fingerprint density at radius 1 is 1.17 bits per heavy atom. The van der Waals surface area contributed by atoms with Crippen LogP contribution in [0.5, 0.6) is 0 Å². The maximum absolute atomic E-state index is 13.5. The van der Waals surface area contributed by atoms with Crippen LogP contribution >= 0.6 is 0 Å². The van der Waals surface area contributed by atoms with Crippen LogP contribution in [0.4, 0.5) is 13.2 Å². The summed E-state index contributed by atoms with van der Waals surface area (Å²) in [5, 5.41) is 0. The zero-order valence-electron chi connectivity index (χ0n) is 10.2. The van der Waals surface area contributed by atoms with Crippen LogP contribution in [-0.2, 0) is 19.7 Å². The van der Waals surface area contributed by atoms with Crippen LogP contribution in [0, 0.1) is 11.6 Å². The number of benzene rings is 1. The van der Waals surface area contributed by atoms with Crippen molar-refractivity contribution in [1.82, 2.24) is 0 Å². The molecule has 0 bridgehead atoms. The second kappa shape index (κ2) is 7.52. The van der Waals surface area contributed by atoms with Crippen molar-refractivity contribution in [2.75, 3.05) is 20.8 Å². The van der Waals surface area contributed by atoms with E-state index in [9.17, 15) is 13.2 Å². The van der Waals surface area contributed by atoms with E-state index in [1.54, 1.807) is 0 Å². The fourth-order valence-corrected chi connectivity index (χ4v) is 2.23. The summed E-state index contributed by atoms with van der Waals surface area (Å²) >= 11 is 0. The lowest BCUT2D eigenvalue weighted by atomic mass is 10.1. The highest BCUT2D eigenvalue weighted by atomic mass is 28.3. The zero-order valence-corrected chi connectivity index (χ0v) is 11.3. The van der Waals surface area contributed by atoms with Crippen molar-refractivity contribution < 1.29 is 26.4 Å². The van der Waals surface area contributed by atoms with Crippen molar-refractivity contribution in [1.29, 1.82) is 0 Å². The minimum atomic E-state index is -2.25. The van der Waals surface area contributed by atoms with E-state index in [1.165, 1.54) is 20.3 Å². The van der Waals surface area contributed by atoms with Crippen LogP contribution in [0.25, 0.3) is 0 Å². The first kappa shape index (κ1) is 15.2. The summed E-state index contributed by atoms with van der Waals surface area (Å²) in [4.78, 5) is 0. The Balaban J connectivity index is 2.44. The Bertz CT molecular complexity index is 375. The SMILES string of the molecule is CO[SiH](OC)OCC(F)Cc1ccc(F)c(F)c1. The van der Waals surface area contributed by atoms with E-state index < -0.39 is 27.3 Å². The molecule has 7 heteroatoms. The lowest BCUT2D eigenvalue weighted by Gasteiger charge is -2.14. The van der Waals surface area contributed by atoms with Gasteiger partial charge >= 0.3 is 9.53 Å². The molecule has 1 aromatic rings. The Morgan fingerprint density at radius 3 is 2.39 bits per heavy atom. The fourth-order valence-electron chi connectivity index (χ4n) is 1.40. The van der Waals surface area contributed by atoms with Gasteiger partial charge in [-0.2, -0.15) is 0 Å². The largest absolute Gasteiger partial charge is 0.483 e. The predicted octanol–water partition coefficient (Wildman–Crippen LogP) is 1.87. The standard InChI is InChI=1S/C11H15F3O3Si/c1-15-18(16-2)17-7-9(12)5-8-3-4-10(13)11(14)6-8/h3-4,6,9,18H,5,7H2,1-2H3. The van der Waals surface area contributed by atoms with Gasteiger partial charge in [0, 0.05) is 20.6 Å². The van der Waals surface area contributed by atoms with Crippen LogP contribution in [0.3, 0.4) is 0 Å². The molecule has 0 saturated heterocycles. The third-order valence-electron chi connectivity index (χ3n) is 2.24. The van der Waals surface area contributed by atoms with Crippen LogP contribution in [0.1, 0.15) is 5.56 Å². The van der Waals surface area contributed by atoms with E-state index in [2.05, 4.69) is 0 Å². The topological polar surface area (TPSA) is 27.7 Å². The van der Waals surface area contributed by atoms with Gasteiger partial charge in [0.25, 0.3) is 0 Å². The molecule has 0 aliphatic rings. The highest BCUT2D eigenvalue weighted by Crippen LogP contribution is 2.12. The van der Waals surface area contributed by atoms with E-state index in [1.807, 2.05) is 0 Å². The first-order valence-electron chi connectivity index (χ1n) is 5.32. The lowest BCUT2D eigenvalue weighted by molar-refractivity contribution is 0.101. The Labute approximate surface area is 105 Å². The van der Waals surface area contributed by atoms with Gasteiger partial charge in [0.1, 0.15) is 6.17 Å². The molecule has 0 aromatic heterocycles. The van der Waals surface area contributed by atoms with E-state index in [-0.39, 0.29) is 13.0 Å². The molecule has 0 N–H and O–H groups in total. The molecule has 102 valence electrons. The molecule has 0 radical (unpaired) electrons. The van der Waals surface area contributed by atoms with Crippen molar-refractivity contribution in [2.24, 2.45) is 0 Å². The summed E-state index contributed by atoms with van der Waals surface area (Å²) in [7, 11) is 0.591. The molecule has 1 atom stereocenters. The van der Waals surface area contributed by atoms with Crippen LogP contribution < -0.4 is 0 Å². The molecule has 0 fully saturated rings. The van der Waals surface area contributed by atoms with Gasteiger partial charge in [0.2, 0.25) is 0 Å². The second-order valence-electron chi connectivity index (χ2n) is 3.64. The van der Waals surface area contributed by atoms with Gasteiger partial charge in [0.05, 0.1) is 6.61 Å². The van der Waals surface area contributed by atoms with Gasteiger partial charge in [-0.3, -0.25) is 0 Å². The monoisotopic (exact) mass is 280 g/mol. The van der Waals surface area contributed by atoms with Gasteiger partial charge < -0.3 is 13.3 Å². The third-order valence-corrected chi connectivity index (χ3v) is 3.47. The molecule has 18 heavy (non-hydrogen) atoms. The van der Waals surface area contributed by atoms with Crippen molar-refractivity contribution in [3.8, 4) is 0 Å². The minimum Gasteiger partial charge on any atom is -0.379 e. The first-order chi connectivity index (χ1) is 8.56. The third kappa shape index (κ3) is 4.77. The van der Waals surface area contributed by atoms with E-state index in [4.69, 9.17) is 13.3 Å². The summed E-state index contributed by atoms with van der Waals surface area (Å²) in [5.74, 6) is -1.93. The van der Waals surface area contributed by atoms with Gasteiger partial charge in [-0.15, -0.1) is 0 Å². The average Bonchev–Trinajstić information content (AvgIpc) is 2.35. The van der Waals surface area contributed by atoms with Gasteiger partial charge in [0.15, 0.2) is 11.6 Å². The lowest BCUT2D eigenvalue weighted by Crippen LogP contribution is -2.28. The van der Waals surface area contributed by atoms with Crippen LogP contribution in [-0.4, -0.2) is 36.5 Å². The van der Waals surface area contributed by atoms with Crippen molar-refractivity contribution >= 4 is 9.53 Å². The minimum absolute atomic E-state index is 0.0499. The van der Waals surface area contributed by atoms with Gasteiger partial charge in [-0.1, -0.05) is 6.07 Å². The number of rotatable bonds is 7. The molecule has 0 spiro atoms. The summed E-state index contributed by atoms with van der Waals surface area (Å²) in [6.07, 6.45) is -1.37. The van der Waals surface area contributed by atoms with Crippen molar-refractivity contribution in [3.05, 3.63) is 35.4 Å². The summed E-state index contributed by atoms with van der Waals surface area (Å²) in [5.41, 5.74) is 0.373. The Kier molecular flexibility index (Phi) is 6.34. The number of hydrogen-bond acceptors (Lipinski definition) is 3. The zero-order chi connectivity index (χ0) is 13.5. The van der Waals surface area contributed by atoms with Crippen molar-refractivity contribution in [2.45, 2.75) is 12.6 Å². The molecule has 0 amide bonds. The van der Waals surface area contributed by atoms with E-state index in [0.29, 0.717) is 5.56 Å². The van der Waals surface area contributed by atoms with Gasteiger partial charge in [-0.25, -0.2) is 13.2 Å². The molecule has 1 aromatic carbocycles. The molecule has 0 aliphatic heterocycles. The fraction of sp³-hybridized carbons (Fsp3) is 0.455. The van der Waals surface area contributed by atoms with Crippen molar-refractivity contribution in [3.63, 3.8) is 0 Å². The molecule has 1 rings (SSSR count). The molecule has 0 saturated carbocycles. The van der Waals surface area contributed by atoms with Crippen LogP contribution in [0.15, 0.2) is 18.2 Å². The number of hydrogen-bond donors (Lipinski definition) is 0. The Morgan fingerprint density at radius 2 is 1.83 bits per heavy atom. The van der Waals surface area contributed by atoms with E-state index in [0.717, 1.165) is 12.1 Å². The Hall–Kier alpha value is -0.893. The molecular formula is C11H15F3O3Si. The molecule has 0 heterocycles. The predicted molar refractivity (Wildman–Crippen MR) is 62.1 cm³/mol. The normalized spacial score (nSPS) is 13.0. The summed E-state index contributed by atoms with van der Waals surface area (Å²) in [6.45, 7) is -0.197. The molecule has 3 nitrogen and oxygen atoms in total. The average molecular weight is 280 g/mol. The van der Waals surface area contributed by atoms with E-state index >= 15 is 0 Å². The highest BCUT2D eigenvalue weighted by molar-refractivity contribution is 6.36. The van der Waals surface area contributed by atoms with Gasteiger partial charge in [-0.05, 0) is 17.7 Å². The molecule has 1 unspecified atom stereocenters. The molecular weight excluding hydrogens is 265 g/mol. The summed E-state index contributed by atoms with van der Waals surface area (Å²) < 4.78 is 53.9.